The van der Waals surface area contributed by atoms with Gasteiger partial charge in [0, 0.05) is 22.8 Å². The average molecular weight is 597 g/mol. The first kappa shape index (κ1) is 26.8. The molecule has 0 saturated carbocycles. The molecule has 45 heavy (non-hydrogen) atoms. The van der Waals surface area contributed by atoms with Crippen LogP contribution >= 0.6 is 0 Å². The van der Waals surface area contributed by atoms with Gasteiger partial charge in [-0.15, -0.1) is 0 Å². The number of anilines is 3. The molecule has 0 radical (unpaired) electrons. The molecule has 0 N–H and O–H groups in total. The Balaban J connectivity index is 1.49. The van der Waals surface area contributed by atoms with Crippen molar-refractivity contribution in [2.24, 2.45) is 0 Å². The van der Waals surface area contributed by atoms with Crippen LogP contribution in [0.1, 0.15) is 0 Å². The van der Waals surface area contributed by atoms with Gasteiger partial charge in [-0.2, -0.15) is 0 Å². The smallest absolute Gasteiger partial charge is 0.277 e. The number of benzene rings is 7. The first-order valence-electron chi connectivity index (χ1n) is 15.1. The van der Waals surface area contributed by atoms with Crippen LogP contribution in [0.3, 0.4) is 0 Å². The van der Waals surface area contributed by atoms with Crippen molar-refractivity contribution in [3.05, 3.63) is 180 Å². The summed E-state index contributed by atoms with van der Waals surface area (Å²) in [6.07, 6.45) is 0. The van der Waals surface area contributed by atoms with Gasteiger partial charge in [0.2, 0.25) is 0 Å². The molecule has 7 aromatic carbocycles. The van der Waals surface area contributed by atoms with Crippen molar-refractivity contribution >= 4 is 62.3 Å². The van der Waals surface area contributed by atoms with Crippen LogP contribution < -0.4 is 25.6 Å². The lowest BCUT2D eigenvalue weighted by Crippen LogP contribution is -2.77. The SMILES string of the molecule is O=[N+]([O-])c1ccccc1-c1cccc2cccc(N3c4ccccc4[Si](c4ccccc4)(c4ccccc4)c4ccccc43)c12. The maximum absolute atomic E-state index is 12.2. The Labute approximate surface area is 262 Å². The number of nitrogens with zero attached hydrogens (tertiary/aromatic N) is 2. The molecule has 4 nitrogen and oxygen atoms in total. The Bertz CT molecular complexity index is 2120. The molecule has 0 fully saturated rings. The summed E-state index contributed by atoms with van der Waals surface area (Å²) < 4.78 is 0. The molecule has 0 spiro atoms. The van der Waals surface area contributed by atoms with Crippen LogP contribution in [0.4, 0.5) is 22.7 Å². The highest BCUT2D eigenvalue weighted by Gasteiger charge is 2.48. The number of hydrogen-bond acceptors (Lipinski definition) is 3. The molecule has 0 unspecified atom stereocenters. The second-order valence-electron chi connectivity index (χ2n) is 11.3. The molecule has 0 atom stereocenters. The summed E-state index contributed by atoms with van der Waals surface area (Å²) in [4.78, 5) is 14.3. The number of fused-ring (bicyclic) bond motifs is 3. The maximum atomic E-state index is 12.2. The van der Waals surface area contributed by atoms with E-state index in [0.717, 1.165) is 33.4 Å². The van der Waals surface area contributed by atoms with Gasteiger partial charge < -0.3 is 4.90 Å². The Morgan fingerprint density at radius 2 is 0.933 bits per heavy atom. The molecule has 0 aromatic heterocycles. The normalized spacial score (nSPS) is 13.2. The minimum Gasteiger partial charge on any atom is -0.310 e. The molecule has 5 heteroatoms. The number of para-hydroxylation sites is 3. The fourth-order valence-electron chi connectivity index (χ4n) is 7.26. The Morgan fingerprint density at radius 3 is 1.53 bits per heavy atom. The molecular formula is C40H28N2O2Si. The van der Waals surface area contributed by atoms with Gasteiger partial charge in [-0.1, -0.05) is 140 Å². The highest BCUT2D eigenvalue weighted by atomic mass is 28.3. The van der Waals surface area contributed by atoms with Crippen molar-refractivity contribution in [3.63, 3.8) is 0 Å². The Kier molecular flexibility index (Phi) is 6.40. The molecule has 214 valence electrons. The lowest BCUT2D eigenvalue weighted by atomic mass is 9.95. The van der Waals surface area contributed by atoms with E-state index in [9.17, 15) is 10.1 Å². The van der Waals surface area contributed by atoms with Crippen LogP contribution in [0.15, 0.2) is 170 Å². The van der Waals surface area contributed by atoms with Gasteiger partial charge in [0.25, 0.3) is 5.69 Å². The van der Waals surface area contributed by atoms with E-state index < -0.39 is 8.07 Å². The lowest BCUT2D eigenvalue weighted by Gasteiger charge is -2.45. The Morgan fingerprint density at radius 1 is 0.467 bits per heavy atom. The second-order valence-corrected chi connectivity index (χ2v) is 15.0. The van der Waals surface area contributed by atoms with Gasteiger partial charge in [-0.3, -0.25) is 10.1 Å². The summed E-state index contributed by atoms with van der Waals surface area (Å²) in [5.74, 6) is 0. The fourth-order valence-corrected chi connectivity index (χ4v) is 12.4. The zero-order valence-electron chi connectivity index (χ0n) is 24.4. The summed E-state index contributed by atoms with van der Waals surface area (Å²) in [5, 5.41) is 19.5. The topological polar surface area (TPSA) is 46.4 Å². The van der Waals surface area contributed by atoms with Crippen molar-refractivity contribution in [1.82, 2.24) is 0 Å². The van der Waals surface area contributed by atoms with E-state index in [4.69, 9.17) is 0 Å². The van der Waals surface area contributed by atoms with Gasteiger partial charge >= 0.3 is 0 Å². The fraction of sp³-hybridized carbons (Fsp3) is 0. The Hall–Kier alpha value is -5.78. The van der Waals surface area contributed by atoms with Crippen molar-refractivity contribution in [2.75, 3.05) is 4.90 Å². The van der Waals surface area contributed by atoms with Crippen LogP contribution in [0, 0.1) is 10.1 Å². The number of hydrogen-bond donors (Lipinski definition) is 0. The van der Waals surface area contributed by atoms with Crippen LogP contribution in [0.2, 0.25) is 0 Å². The summed E-state index contributed by atoms with van der Waals surface area (Å²) >= 11 is 0. The number of nitro groups is 1. The highest BCUT2D eigenvalue weighted by Crippen LogP contribution is 2.45. The molecular weight excluding hydrogens is 569 g/mol. The predicted molar refractivity (Wildman–Crippen MR) is 188 cm³/mol. The van der Waals surface area contributed by atoms with Crippen molar-refractivity contribution in [3.8, 4) is 11.1 Å². The quantitative estimate of drug-likeness (QED) is 0.117. The lowest BCUT2D eigenvalue weighted by molar-refractivity contribution is -0.384. The average Bonchev–Trinajstić information content (AvgIpc) is 3.11. The molecule has 0 aliphatic carbocycles. The van der Waals surface area contributed by atoms with Gasteiger partial charge in [-0.05, 0) is 56.0 Å². The highest BCUT2D eigenvalue weighted by molar-refractivity contribution is 7.21. The van der Waals surface area contributed by atoms with Crippen LogP contribution in [0.25, 0.3) is 21.9 Å². The standard InChI is InChI=1S/C40H28N2O2Si/c43-42(44)34-23-8-7-21-32(34)33-22-13-15-29-16-14-26-37(40(29)33)41-35-24-9-11-27-38(35)45(30-17-3-1-4-18-30,31-19-5-2-6-20-31)39-28-12-10-25-36(39)41/h1-28H. The first-order valence-corrected chi connectivity index (χ1v) is 17.1. The maximum Gasteiger partial charge on any atom is 0.277 e. The van der Waals surface area contributed by atoms with Gasteiger partial charge in [-0.25, -0.2) is 0 Å². The van der Waals surface area contributed by atoms with Crippen LogP contribution in [-0.2, 0) is 0 Å². The van der Waals surface area contributed by atoms with E-state index in [2.05, 4.69) is 138 Å². The third-order valence-electron chi connectivity index (χ3n) is 9.03. The minimum atomic E-state index is -2.75. The van der Waals surface area contributed by atoms with Crippen LogP contribution in [-0.4, -0.2) is 13.0 Å². The second kappa shape index (κ2) is 10.7. The van der Waals surface area contributed by atoms with Gasteiger partial charge in [0.05, 0.1) is 16.2 Å². The largest absolute Gasteiger partial charge is 0.310 e. The summed E-state index contributed by atoms with van der Waals surface area (Å²) in [6.45, 7) is 0. The van der Waals surface area contributed by atoms with E-state index in [0.29, 0.717) is 5.56 Å². The zero-order valence-corrected chi connectivity index (χ0v) is 25.4. The predicted octanol–water partition coefficient (Wildman–Crippen LogP) is 7.58. The van der Waals surface area contributed by atoms with Crippen molar-refractivity contribution < 1.29 is 4.92 Å². The van der Waals surface area contributed by atoms with E-state index >= 15 is 0 Å². The summed E-state index contributed by atoms with van der Waals surface area (Å²) in [6, 6.07) is 58.9. The van der Waals surface area contributed by atoms with E-state index in [1.54, 1.807) is 12.1 Å². The van der Waals surface area contributed by atoms with Crippen LogP contribution in [0.5, 0.6) is 0 Å². The molecule has 1 aliphatic heterocycles. The molecule has 0 saturated heterocycles. The summed E-state index contributed by atoms with van der Waals surface area (Å²) in [7, 11) is -2.75. The minimum absolute atomic E-state index is 0.0961. The van der Waals surface area contributed by atoms with Gasteiger partial charge in [0.1, 0.15) is 0 Å². The van der Waals surface area contributed by atoms with E-state index in [-0.39, 0.29) is 10.6 Å². The number of nitro benzene ring substituents is 1. The molecule has 7 aromatic rings. The van der Waals surface area contributed by atoms with E-state index in [1.165, 1.54) is 20.7 Å². The molecule has 8 rings (SSSR count). The van der Waals surface area contributed by atoms with E-state index in [1.807, 2.05) is 24.3 Å². The molecule has 0 bridgehead atoms. The molecule has 1 aliphatic rings. The third kappa shape index (κ3) is 4.05. The first-order chi connectivity index (χ1) is 22.2. The summed E-state index contributed by atoms with van der Waals surface area (Å²) in [5.41, 5.74) is 4.78. The molecule has 1 heterocycles. The third-order valence-corrected chi connectivity index (χ3v) is 13.9. The van der Waals surface area contributed by atoms with Crippen molar-refractivity contribution in [1.29, 1.82) is 0 Å². The monoisotopic (exact) mass is 596 g/mol. The number of rotatable bonds is 5. The van der Waals surface area contributed by atoms with Gasteiger partial charge in [0.15, 0.2) is 8.07 Å². The van der Waals surface area contributed by atoms with Crippen molar-refractivity contribution in [2.45, 2.75) is 0 Å². The molecule has 0 amide bonds. The zero-order chi connectivity index (χ0) is 30.4.